The van der Waals surface area contributed by atoms with E-state index in [2.05, 4.69) is 289 Å². The first-order valence-electron chi connectivity index (χ1n) is 24.1. The quantitative estimate of drug-likeness (QED) is 0.140. The van der Waals surface area contributed by atoms with Crippen LogP contribution in [0.2, 0.25) is 0 Å². The summed E-state index contributed by atoms with van der Waals surface area (Å²) in [6.45, 7) is 0. The summed E-state index contributed by atoms with van der Waals surface area (Å²) in [6.07, 6.45) is 0. The predicted molar refractivity (Wildman–Crippen MR) is 298 cm³/mol. The van der Waals surface area contributed by atoms with E-state index in [0.717, 1.165) is 56.1 Å². The smallest absolute Gasteiger partial charge is 0.0547 e. The molecule has 1 aromatic heterocycles. The summed E-state index contributed by atoms with van der Waals surface area (Å²) < 4.78 is 2.40. The molecule has 0 aliphatic rings. The summed E-state index contributed by atoms with van der Waals surface area (Å²) in [4.78, 5) is 2.51. The van der Waals surface area contributed by atoms with Crippen molar-refractivity contribution in [2.75, 3.05) is 4.90 Å². The van der Waals surface area contributed by atoms with Gasteiger partial charge in [-0.3, -0.25) is 0 Å². The van der Waals surface area contributed by atoms with Gasteiger partial charge in [0.25, 0.3) is 0 Å². The van der Waals surface area contributed by atoms with Gasteiger partial charge in [0, 0.05) is 33.3 Å². The van der Waals surface area contributed by atoms with E-state index in [1.54, 1.807) is 0 Å². The van der Waals surface area contributed by atoms with Gasteiger partial charge < -0.3 is 9.47 Å². The molecule has 0 radical (unpaired) electrons. The van der Waals surface area contributed by atoms with Gasteiger partial charge in [0.05, 0.1) is 22.4 Å². The van der Waals surface area contributed by atoms with Gasteiger partial charge in [-0.15, -0.1) is 0 Å². The molecule has 0 fully saturated rings. The van der Waals surface area contributed by atoms with Crippen molar-refractivity contribution in [2.45, 2.75) is 0 Å². The molecule has 328 valence electrons. The maximum absolute atomic E-state index is 2.51. The van der Waals surface area contributed by atoms with Gasteiger partial charge in [0.1, 0.15) is 0 Å². The third-order valence-corrected chi connectivity index (χ3v) is 14.0. The molecular weight excluding hydrogens is 845 g/mol. The van der Waals surface area contributed by atoms with Crippen LogP contribution in [-0.2, 0) is 0 Å². The molecule has 0 saturated carbocycles. The van der Waals surface area contributed by atoms with E-state index in [1.807, 2.05) is 0 Å². The van der Waals surface area contributed by atoms with Crippen LogP contribution in [0, 0.1) is 0 Å². The zero-order chi connectivity index (χ0) is 46.4. The molecule has 2 heteroatoms. The molecule has 0 aliphatic heterocycles. The highest BCUT2D eigenvalue weighted by atomic mass is 15.1. The normalized spacial score (nSPS) is 11.4. The van der Waals surface area contributed by atoms with Gasteiger partial charge in [0.2, 0.25) is 0 Å². The molecule has 1 heterocycles. The molecule has 0 atom stereocenters. The molecule has 0 spiro atoms. The van der Waals surface area contributed by atoms with Gasteiger partial charge >= 0.3 is 0 Å². The molecule has 13 aromatic rings. The number of fused-ring (bicyclic) bond motifs is 5. The number of para-hydroxylation sites is 3. The van der Waals surface area contributed by atoms with E-state index >= 15 is 0 Å². The lowest BCUT2D eigenvalue weighted by Gasteiger charge is -2.31. The third kappa shape index (κ3) is 7.13. The molecule has 0 N–H and O–H groups in total. The molecule has 0 saturated heterocycles. The lowest BCUT2D eigenvalue weighted by atomic mass is 9.90. The van der Waals surface area contributed by atoms with E-state index in [1.165, 1.54) is 65.6 Å². The van der Waals surface area contributed by atoms with Crippen LogP contribution in [0.25, 0.3) is 105 Å². The van der Waals surface area contributed by atoms with Crippen molar-refractivity contribution < 1.29 is 0 Å². The summed E-state index contributed by atoms with van der Waals surface area (Å²) in [5, 5.41) is 7.35. The standard InChI is InChI=1S/C68H46N2/c1-4-20-48(21-5-1)58-42-41-53(57-35-17-25-47-24-10-11-32-56(47)57)46-66(58)70(65-39-15-13-34-61(65)63-37-19-27-50-26-18-36-59(68(50)63)49-22-6-2-7-23-49)55-31-16-28-51(44-55)52-40-43-62-60-33-12-14-38-64(60)69(67(62)45-52)54-29-8-3-9-30-54/h1-46H. The van der Waals surface area contributed by atoms with Crippen molar-refractivity contribution in [3.8, 4) is 61.3 Å². The summed E-state index contributed by atoms with van der Waals surface area (Å²) in [5.41, 5.74) is 18.4. The Bertz CT molecular complexity index is 4050. The second-order valence-electron chi connectivity index (χ2n) is 18.0. The zero-order valence-corrected chi connectivity index (χ0v) is 38.5. The molecule has 0 unspecified atom stereocenters. The van der Waals surface area contributed by atoms with Crippen molar-refractivity contribution in [2.24, 2.45) is 0 Å². The highest BCUT2D eigenvalue weighted by Gasteiger charge is 2.24. The number of anilines is 3. The first-order chi connectivity index (χ1) is 34.7. The monoisotopic (exact) mass is 890 g/mol. The van der Waals surface area contributed by atoms with E-state index in [4.69, 9.17) is 0 Å². The molecule has 0 bridgehead atoms. The van der Waals surface area contributed by atoms with Crippen LogP contribution in [0.5, 0.6) is 0 Å². The maximum atomic E-state index is 2.51. The predicted octanol–water partition coefficient (Wildman–Crippen LogP) is 18.9. The van der Waals surface area contributed by atoms with E-state index in [9.17, 15) is 0 Å². The number of aromatic nitrogens is 1. The molecule has 12 aromatic carbocycles. The maximum Gasteiger partial charge on any atom is 0.0547 e. The molecule has 2 nitrogen and oxygen atoms in total. The molecule has 13 rings (SSSR count). The Hall–Kier alpha value is -9.24. The van der Waals surface area contributed by atoms with Crippen LogP contribution in [0.3, 0.4) is 0 Å². The van der Waals surface area contributed by atoms with Crippen LogP contribution in [0.15, 0.2) is 279 Å². The third-order valence-electron chi connectivity index (χ3n) is 14.0. The summed E-state index contributed by atoms with van der Waals surface area (Å²) in [5.74, 6) is 0. The Kier molecular flexibility index (Phi) is 10.2. The molecule has 70 heavy (non-hydrogen) atoms. The molecule has 0 amide bonds. The summed E-state index contributed by atoms with van der Waals surface area (Å²) >= 11 is 0. The van der Waals surface area contributed by atoms with Crippen LogP contribution < -0.4 is 4.90 Å². The second-order valence-corrected chi connectivity index (χ2v) is 18.0. The Morgan fingerprint density at radius 2 is 0.800 bits per heavy atom. The SMILES string of the molecule is c1ccc(-c2ccc(-c3cccc4ccccc34)cc2N(c2cccc(-c3ccc4c5ccccc5n(-c5ccccc5)c4c3)c2)c2ccccc2-c2cccc3cccc(-c4ccccc4)c23)cc1. The van der Waals surface area contributed by atoms with Crippen LogP contribution in [-0.4, -0.2) is 4.57 Å². The molecule has 0 aliphatic carbocycles. The average Bonchev–Trinajstić information content (AvgIpc) is 3.77. The second kappa shape index (κ2) is 17.4. The number of rotatable bonds is 9. The lowest BCUT2D eigenvalue weighted by molar-refractivity contribution is 1.18. The average molecular weight is 891 g/mol. The van der Waals surface area contributed by atoms with E-state index in [-0.39, 0.29) is 0 Å². The van der Waals surface area contributed by atoms with Crippen molar-refractivity contribution >= 4 is 60.4 Å². The van der Waals surface area contributed by atoms with Crippen LogP contribution >= 0.6 is 0 Å². The van der Waals surface area contributed by atoms with Gasteiger partial charge in [0.15, 0.2) is 0 Å². The lowest BCUT2D eigenvalue weighted by Crippen LogP contribution is -2.13. The Balaban J connectivity index is 1.08. The van der Waals surface area contributed by atoms with Crippen LogP contribution in [0.1, 0.15) is 0 Å². The van der Waals surface area contributed by atoms with Gasteiger partial charge in [-0.1, -0.05) is 231 Å². The Morgan fingerprint density at radius 3 is 1.60 bits per heavy atom. The number of hydrogen-bond donors (Lipinski definition) is 0. The topological polar surface area (TPSA) is 8.17 Å². The number of hydrogen-bond acceptors (Lipinski definition) is 1. The van der Waals surface area contributed by atoms with E-state index < -0.39 is 0 Å². The summed E-state index contributed by atoms with van der Waals surface area (Å²) in [6, 6.07) is 102. The number of nitrogens with zero attached hydrogens (tertiary/aromatic N) is 2. The zero-order valence-electron chi connectivity index (χ0n) is 38.5. The molecular formula is C68H46N2. The fourth-order valence-electron chi connectivity index (χ4n) is 10.8. The highest BCUT2D eigenvalue weighted by Crippen LogP contribution is 2.49. The van der Waals surface area contributed by atoms with Crippen LogP contribution in [0.4, 0.5) is 17.1 Å². The van der Waals surface area contributed by atoms with Gasteiger partial charge in [-0.05, 0) is 115 Å². The fourth-order valence-corrected chi connectivity index (χ4v) is 10.8. The summed E-state index contributed by atoms with van der Waals surface area (Å²) in [7, 11) is 0. The highest BCUT2D eigenvalue weighted by molar-refractivity contribution is 6.11. The Labute approximate surface area is 408 Å². The largest absolute Gasteiger partial charge is 0.309 e. The van der Waals surface area contributed by atoms with Crippen molar-refractivity contribution in [3.05, 3.63) is 279 Å². The van der Waals surface area contributed by atoms with Crippen molar-refractivity contribution in [1.82, 2.24) is 4.57 Å². The first-order valence-corrected chi connectivity index (χ1v) is 24.1. The van der Waals surface area contributed by atoms with Crippen molar-refractivity contribution in [3.63, 3.8) is 0 Å². The van der Waals surface area contributed by atoms with Crippen molar-refractivity contribution in [1.29, 1.82) is 0 Å². The fraction of sp³-hybridized carbons (Fsp3) is 0. The minimum atomic E-state index is 1.06. The minimum Gasteiger partial charge on any atom is -0.309 e. The van der Waals surface area contributed by atoms with Gasteiger partial charge in [-0.25, -0.2) is 0 Å². The van der Waals surface area contributed by atoms with E-state index in [0.29, 0.717) is 0 Å². The minimum absolute atomic E-state index is 1.06. The Morgan fingerprint density at radius 1 is 0.257 bits per heavy atom. The first kappa shape index (κ1) is 41.0. The number of benzene rings is 12. The van der Waals surface area contributed by atoms with Gasteiger partial charge in [-0.2, -0.15) is 0 Å².